The quantitative estimate of drug-likeness (QED) is 0.925. The molecular weight excluding hydrogens is 276 g/mol. The number of hydrogen-bond donors (Lipinski definition) is 1. The average molecular weight is 294 g/mol. The fourth-order valence-electron chi connectivity index (χ4n) is 3.54. The molecule has 112 valence electrons. The minimum absolute atomic E-state index is 0.206. The van der Waals surface area contributed by atoms with Crippen LogP contribution in [0.4, 0.5) is 5.69 Å². The first kappa shape index (κ1) is 13.2. The second kappa shape index (κ2) is 4.77. The van der Waals surface area contributed by atoms with Gasteiger partial charge < -0.3 is 15.0 Å². The molecule has 2 aliphatic rings. The lowest BCUT2D eigenvalue weighted by molar-refractivity contribution is -0.131. The highest BCUT2D eigenvalue weighted by Gasteiger charge is 2.49. The largest absolute Gasteiger partial charge is 0.497 e. The van der Waals surface area contributed by atoms with Gasteiger partial charge in [0, 0.05) is 18.5 Å². The van der Waals surface area contributed by atoms with E-state index < -0.39 is 5.66 Å². The highest BCUT2D eigenvalue weighted by Crippen LogP contribution is 2.45. The van der Waals surface area contributed by atoms with Crippen molar-refractivity contribution in [2.45, 2.75) is 25.0 Å². The molecule has 1 atom stereocenters. The maximum absolute atomic E-state index is 12.4. The Kier molecular flexibility index (Phi) is 2.86. The zero-order valence-corrected chi connectivity index (χ0v) is 12.5. The summed E-state index contributed by atoms with van der Waals surface area (Å²) in [6, 6.07) is 16.2. The van der Waals surface area contributed by atoms with Crippen LogP contribution in [0.2, 0.25) is 0 Å². The summed E-state index contributed by atoms with van der Waals surface area (Å²) in [6.07, 6.45) is 1.36. The van der Waals surface area contributed by atoms with E-state index in [-0.39, 0.29) is 5.91 Å². The van der Waals surface area contributed by atoms with Gasteiger partial charge in [-0.3, -0.25) is 4.79 Å². The van der Waals surface area contributed by atoms with Crippen LogP contribution in [0, 0.1) is 0 Å². The first-order chi connectivity index (χ1) is 10.7. The molecule has 0 bridgehead atoms. The predicted octanol–water partition coefficient (Wildman–Crippen LogP) is 3.10. The molecule has 22 heavy (non-hydrogen) atoms. The molecule has 0 radical (unpaired) electrons. The number of nitrogens with zero attached hydrogens (tertiary/aromatic N) is 1. The van der Waals surface area contributed by atoms with Gasteiger partial charge in [-0.2, -0.15) is 0 Å². The topological polar surface area (TPSA) is 41.6 Å². The van der Waals surface area contributed by atoms with E-state index in [0.717, 1.165) is 23.4 Å². The maximum Gasteiger partial charge on any atom is 0.225 e. The van der Waals surface area contributed by atoms with Crippen molar-refractivity contribution in [3.63, 3.8) is 0 Å². The highest BCUT2D eigenvalue weighted by molar-refractivity contribution is 5.82. The molecule has 2 aromatic rings. The number of rotatable bonds is 2. The third-order valence-corrected chi connectivity index (χ3v) is 4.72. The fraction of sp³-hybridized carbons (Fsp3) is 0.278. The van der Waals surface area contributed by atoms with Crippen LogP contribution in [-0.2, 0) is 17.0 Å². The molecule has 2 aromatic carbocycles. The molecule has 2 heterocycles. The van der Waals surface area contributed by atoms with Gasteiger partial charge in [-0.15, -0.1) is 0 Å². The summed E-state index contributed by atoms with van der Waals surface area (Å²) < 4.78 is 5.24. The SMILES string of the molecule is COc1ccc([C@@]23CCC(=O)N2Cc2ccccc2N3)cc1. The minimum Gasteiger partial charge on any atom is -0.497 e. The van der Waals surface area contributed by atoms with Crippen molar-refractivity contribution in [1.82, 2.24) is 4.90 Å². The van der Waals surface area contributed by atoms with Gasteiger partial charge in [0.25, 0.3) is 0 Å². The number of hydrogen-bond acceptors (Lipinski definition) is 3. The summed E-state index contributed by atoms with van der Waals surface area (Å²) >= 11 is 0. The van der Waals surface area contributed by atoms with Gasteiger partial charge in [-0.05, 0) is 29.3 Å². The lowest BCUT2D eigenvalue weighted by Crippen LogP contribution is -2.51. The summed E-state index contributed by atoms with van der Waals surface area (Å²) in [5.41, 5.74) is 2.96. The van der Waals surface area contributed by atoms with E-state index in [1.807, 2.05) is 41.3 Å². The maximum atomic E-state index is 12.4. The number of amides is 1. The van der Waals surface area contributed by atoms with Gasteiger partial charge in [0.05, 0.1) is 13.7 Å². The van der Waals surface area contributed by atoms with Gasteiger partial charge in [0.15, 0.2) is 0 Å². The third kappa shape index (κ3) is 1.80. The normalized spacial score (nSPS) is 22.8. The lowest BCUT2D eigenvalue weighted by Gasteiger charge is -2.44. The summed E-state index contributed by atoms with van der Waals surface area (Å²) in [4.78, 5) is 14.4. The number of fused-ring (bicyclic) bond motifs is 2. The molecule has 0 unspecified atom stereocenters. The molecule has 0 spiro atoms. The van der Waals surface area contributed by atoms with Crippen LogP contribution in [0.3, 0.4) is 0 Å². The highest BCUT2D eigenvalue weighted by atomic mass is 16.5. The third-order valence-electron chi connectivity index (χ3n) is 4.72. The van der Waals surface area contributed by atoms with Crippen molar-refractivity contribution >= 4 is 11.6 Å². The molecule has 0 saturated carbocycles. The summed E-state index contributed by atoms with van der Waals surface area (Å²) in [6.45, 7) is 0.661. The number of carbonyl (C=O) groups excluding carboxylic acids is 1. The fourth-order valence-corrected chi connectivity index (χ4v) is 3.54. The van der Waals surface area contributed by atoms with Crippen molar-refractivity contribution in [2.24, 2.45) is 0 Å². The van der Waals surface area contributed by atoms with Gasteiger partial charge in [-0.1, -0.05) is 30.3 Å². The van der Waals surface area contributed by atoms with Crippen LogP contribution in [0.1, 0.15) is 24.0 Å². The Morgan fingerprint density at radius 2 is 1.91 bits per heavy atom. The zero-order valence-electron chi connectivity index (χ0n) is 12.5. The molecule has 1 amide bonds. The van der Waals surface area contributed by atoms with Gasteiger partial charge in [-0.25, -0.2) is 0 Å². The van der Waals surface area contributed by atoms with E-state index in [4.69, 9.17) is 4.74 Å². The summed E-state index contributed by atoms with van der Waals surface area (Å²) in [5.74, 6) is 1.03. The first-order valence-electron chi connectivity index (χ1n) is 7.54. The Morgan fingerprint density at radius 1 is 1.14 bits per heavy atom. The summed E-state index contributed by atoms with van der Waals surface area (Å²) in [7, 11) is 1.66. The van der Waals surface area contributed by atoms with Crippen molar-refractivity contribution < 1.29 is 9.53 Å². The molecule has 4 rings (SSSR count). The molecular formula is C18H18N2O2. The molecule has 2 aliphatic heterocycles. The molecule has 0 aromatic heterocycles. The molecule has 1 fully saturated rings. The Labute approximate surface area is 129 Å². The predicted molar refractivity (Wildman–Crippen MR) is 84.5 cm³/mol. The molecule has 1 N–H and O–H groups in total. The van der Waals surface area contributed by atoms with Crippen molar-refractivity contribution in [3.05, 3.63) is 59.7 Å². The van der Waals surface area contributed by atoms with E-state index in [1.54, 1.807) is 7.11 Å². The number of para-hydroxylation sites is 1. The van der Waals surface area contributed by atoms with E-state index in [1.165, 1.54) is 5.56 Å². The van der Waals surface area contributed by atoms with Crippen LogP contribution < -0.4 is 10.1 Å². The van der Waals surface area contributed by atoms with Crippen LogP contribution in [0.25, 0.3) is 0 Å². The zero-order chi connectivity index (χ0) is 15.2. The van der Waals surface area contributed by atoms with Gasteiger partial charge >= 0.3 is 0 Å². The van der Waals surface area contributed by atoms with Crippen molar-refractivity contribution in [3.8, 4) is 5.75 Å². The van der Waals surface area contributed by atoms with Crippen molar-refractivity contribution in [2.75, 3.05) is 12.4 Å². The monoisotopic (exact) mass is 294 g/mol. The Hall–Kier alpha value is -2.49. The Bertz CT molecular complexity index is 726. The van der Waals surface area contributed by atoms with Gasteiger partial charge in [0.2, 0.25) is 5.91 Å². The molecule has 4 nitrogen and oxygen atoms in total. The first-order valence-corrected chi connectivity index (χ1v) is 7.54. The number of benzene rings is 2. The number of ether oxygens (including phenoxy) is 1. The minimum atomic E-state index is -0.433. The Balaban J connectivity index is 1.81. The smallest absolute Gasteiger partial charge is 0.225 e. The number of nitrogens with one attached hydrogen (secondary N) is 1. The van der Waals surface area contributed by atoms with E-state index in [2.05, 4.69) is 17.4 Å². The van der Waals surface area contributed by atoms with Crippen LogP contribution in [-0.4, -0.2) is 17.9 Å². The second-order valence-electron chi connectivity index (χ2n) is 5.85. The van der Waals surface area contributed by atoms with E-state index in [0.29, 0.717) is 13.0 Å². The number of carbonyl (C=O) groups is 1. The molecule has 0 aliphatic carbocycles. The van der Waals surface area contributed by atoms with Crippen molar-refractivity contribution in [1.29, 1.82) is 0 Å². The lowest BCUT2D eigenvalue weighted by atomic mass is 9.92. The summed E-state index contributed by atoms with van der Waals surface area (Å²) in [5, 5.41) is 3.62. The molecule has 4 heteroatoms. The van der Waals surface area contributed by atoms with Crippen LogP contribution in [0.5, 0.6) is 5.75 Å². The van der Waals surface area contributed by atoms with Crippen LogP contribution >= 0.6 is 0 Å². The van der Waals surface area contributed by atoms with Crippen LogP contribution in [0.15, 0.2) is 48.5 Å². The molecule has 1 saturated heterocycles. The van der Waals surface area contributed by atoms with E-state index >= 15 is 0 Å². The standard InChI is InChI=1S/C18H18N2O2/c1-22-15-8-6-14(7-9-15)18-11-10-17(21)20(18)12-13-4-2-3-5-16(13)19-18/h2-9,19H,10-12H2,1H3/t18-/m1/s1. The number of anilines is 1. The van der Waals surface area contributed by atoms with E-state index in [9.17, 15) is 4.79 Å². The van der Waals surface area contributed by atoms with Gasteiger partial charge in [0.1, 0.15) is 11.4 Å². The Morgan fingerprint density at radius 3 is 2.68 bits per heavy atom. The number of methoxy groups -OCH3 is 1. The second-order valence-corrected chi connectivity index (χ2v) is 5.85. The average Bonchev–Trinajstić information content (AvgIpc) is 2.90.